The van der Waals surface area contributed by atoms with Crippen molar-refractivity contribution in [2.24, 2.45) is 0 Å². The van der Waals surface area contributed by atoms with Crippen LogP contribution in [0.3, 0.4) is 0 Å². The van der Waals surface area contributed by atoms with Gasteiger partial charge in [-0.15, -0.1) is 0 Å². The number of rotatable bonds is 9. The maximum atomic E-state index is 13.1. The fraction of sp³-hybridized carbons (Fsp3) is 0.348. The van der Waals surface area contributed by atoms with E-state index < -0.39 is 29.3 Å². The van der Waals surface area contributed by atoms with E-state index in [1.165, 1.54) is 12.1 Å². The summed E-state index contributed by atoms with van der Waals surface area (Å²) in [6, 6.07) is 12.2. The zero-order valence-corrected chi connectivity index (χ0v) is 18.5. The summed E-state index contributed by atoms with van der Waals surface area (Å²) >= 11 is 0. The first-order valence-electron chi connectivity index (χ1n) is 10.3. The van der Waals surface area contributed by atoms with Crippen molar-refractivity contribution in [2.75, 3.05) is 13.6 Å². The molecule has 0 saturated heterocycles. The monoisotopic (exact) mass is 462 g/mol. The van der Waals surface area contributed by atoms with Crippen molar-refractivity contribution >= 4 is 5.91 Å². The predicted molar refractivity (Wildman–Crippen MR) is 115 cm³/mol. The molecular formula is C23H25F3N4O3. The molecule has 1 atom stereocenters. The summed E-state index contributed by atoms with van der Waals surface area (Å²) in [5.74, 6) is -0.205. The van der Waals surface area contributed by atoms with Crippen molar-refractivity contribution in [3.8, 4) is 5.75 Å². The summed E-state index contributed by atoms with van der Waals surface area (Å²) < 4.78 is 50.0. The standard InChI is InChI=1S/C23H25F3N4O3/c1-15(12-27-22(31)19-9-4-5-10-20(19)23(24,25)26)32-18-8-6-7-17(11-18)13-30(3)14-21-16(2)28-33-29-21/h4-11,15H,12-14H2,1-3H3,(H,27,31). The van der Waals surface area contributed by atoms with E-state index in [2.05, 4.69) is 15.6 Å². The number of carbonyl (C=O) groups excluding carboxylic acids is 1. The number of nitrogens with zero attached hydrogens (tertiary/aromatic N) is 3. The van der Waals surface area contributed by atoms with Gasteiger partial charge < -0.3 is 10.1 Å². The van der Waals surface area contributed by atoms with Crippen LogP contribution >= 0.6 is 0 Å². The highest BCUT2D eigenvalue weighted by Gasteiger charge is 2.34. The van der Waals surface area contributed by atoms with E-state index >= 15 is 0 Å². The van der Waals surface area contributed by atoms with E-state index in [1.54, 1.807) is 13.0 Å². The molecule has 7 nitrogen and oxygen atoms in total. The minimum absolute atomic E-state index is 0.0492. The number of amides is 1. The van der Waals surface area contributed by atoms with Crippen molar-refractivity contribution in [1.82, 2.24) is 20.5 Å². The minimum atomic E-state index is -4.60. The molecule has 0 saturated carbocycles. The van der Waals surface area contributed by atoms with Gasteiger partial charge >= 0.3 is 6.18 Å². The number of hydrogen-bond donors (Lipinski definition) is 1. The van der Waals surface area contributed by atoms with Crippen LogP contribution in [0, 0.1) is 6.92 Å². The molecule has 0 aliphatic carbocycles. The number of nitrogens with one attached hydrogen (secondary N) is 1. The molecule has 0 fully saturated rings. The quantitative estimate of drug-likeness (QED) is 0.513. The molecular weight excluding hydrogens is 437 g/mol. The number of aryl methyl sites for hydroxylation is 1. The molecule has 176 valence electrons. The van der Waals surface area contributed by atoms with Crippen molar-refractivity contribution in [3.63, 3.8) is 0 Å². The van der Waals surface area contributed by atoms with Gasteiger partial charge in [0.1, 0.15) is 23.2 Å². The van der Waals surface area contributed by atoms with Crippen LogP contribution in [0.2, 0.25) is 0 Å². The van der Waals surface area contributed by atoms with Gasteiger partial charge in [-0.05, 0) is 50.7 Å². The molecule has 1 heterocycles. The van der Waals surface area contributed by atoms with E-state index in [1.807, 2.05) is 37.1 Å². The fourth-order valence-corrected chi connectivity index (χ4v) is 3.27. The Kier molecular flexibility index (Phi) is 7.70. The number of aromatic nitrogens is 2. The number of hydrogen-bond acceptors (Lipinski definition) is 6. The van der Waals surface area contributed by atoms with Crippen LogP contribution in [0.15, 0.2) is 53.2 Å². The lowest BCUT2D eigenvalue weighted by molar-refractivity contribution is -0.137. The van der Waals surface area contributed by atoms with Crippen molar-refractivity contribution < 1.29 is 27.3 Å². The lowest BCUT2D eigenvalue weighted by Gasteiger charge is -2.19. The molecule has 3 rings (SSSR count). The second-order valence-electron chi connectivity index (χ2n) is 7.80. The van der Waals surface area contributed by atoms with Gasteiger partial charge in [0, 0.05) is 13.1 Å². The predicted octanol–water partition coefficient (Wildman–Crippen LogP) is 4.23. The van der Waals surface area contributed by atoms with E-state index in [-0.39, 0.29) is 6.54 Å². The second kappa shape index (κ2) is 10.5. The smallest absolute Gasteiger partial charge is 0.417 e. The fourth-order valence-electron chi connectivity index (χ4n) is 3.27. The Morgan fingerprint density at radius 3 is 2.61 bits per heavy atom. The van der Waals surface area contributed by atoms with Crippen LogP contribution in [0.1, 0.15) is 39.8 Å². The Bertz CT molecular complexity index is 1080. The largest absolute Gasteiger partial charge is 0.489 e. The van der Waals surface area contributed by atoms with Gasteiger partial charge in [0.05, 0.1) is 17.7 Å². The molecule has 1 amide bonds. The van der Waals surface area contributed by atoms with Gasteiger partial charge in [-0.3, -0.25) is 9.69 Å². The third-order valence-electron chi connectivity index (χ3n) is 4.88. The maximum Gasteiger partial charge on any atom is 0.417 e. The Balaban J connectivity index is 1.54. The highest BCUT2D eigenvalue weighted by Crippen LogP contribution is 2.31. The maximum absolute atomic E-state index is 13.1. The summed E-state index contributed by atoms with van der Waals surface area (Å²) in [5.41, 5.74) is 1.12. The Labute approximate surface area is 189 Å². The third-order valence-corrected chi connectivity index (χ3v) is 4.88. The van der Waals surface area contributed by atoms with Crippen molar-refractivity contribution in [3.05, 3.63) is 76.6 Å². The summed E-state index contributed by atoms with van der Waals surface area (Å²) in [5, 5.41) is 10.2. The first-order valence-corrected chi connectivity index (χ1v) is 10.3. The summed E-state index contributed by atoms with van der Waals surface area (Å²) in [4.78, 5) is 14.4. The van der Waals surface area contributed by atoms with Crippen LogP contribution in [0.5, 0.6) is 5.75 Å². The Hall–Kier alpha value is -3.40. The molecule has 0 spiro atoms. The summed E-state index contributed by atoms with van der Waals surface area (Å²) in [6.45, 7) is 4.81. The van der Waals surface area contributed by atoms with E-state index in [4.69, 9.17) is 9.37 Å². The van der Waals surface area contributed by atoms with E-state index in [9.17, 15) is 18.0 Å². The number of alkyl halides is 3. The van der Waals surface area contributed by atoms with Gasteiger partial charge in [0.25, 0.3) is 5.91 Å². The van der Waals surface area contributed by atoms with Gasteiger partial charge in [0.15, 0.2) is 0 Å². The molecule has 0 bridgehead atoms. The van der Waals surface area contributed by atoms with Crippen LogP contribution in [-0.4, -0.2) is 40.8 Å². The van der Waals surface area contributed by atoms with E-state index in [0.29, 0.717) is 18.8 Å². The van der Waals surface area contributed by atoms with Gasteiger partial charge in [-0.1, -0.05) is 34.6 Å². The van der Waals surface area contributed by atoms with Gasteiger partial charge in [-0.25, -0.2) is 4.63 Å². The highest BCUT2D eigenvalue weighted by atomic mass is 19.4. The van der Waals surface area contributed by atoms with Crippen molar-refractivity contribution in [2.45, 2.75) is 39.2 Å². The molecule has 3 aromatic rings. The molecule has 1 aromatic heterocycles. The van der Waals surface area contributed by atoms with Crippen LogP contribution in [0.25, 0.3) is 0 Å². The highest BCUT2D eigenvalue weighted by molar-refractivity contribution is 5.95. The molecule has 1 N–H and O–H groups in total. The first kappa shape index (κ1) is 24.2. The summed E-state index contributed by atoms with van der Waals surface area (Å²) in [7, 11) is 1.94. The van der Waals surface area contributed by atoms with Gasteiger partial charge in [0.2, 0.25) is 0 Å². The van der Waals surface area contributed by atoms with Gasteiger partial charge in [-0.2, -0.15) is 13.2 Å². The number of carbonyl (C=O) groups is 1. The molecule has 33 heavy (non-hydrogen) atoms. The topological polar surface area (TPSA) is 80.5 Å². The minimum Gasteiger partial charge on any atom is -0.489 e. The zero-order valence-electron chi connectivity index (χ0n) is 18.5. The summed E-state index contributed by atoms with van der Waals surface area (Å²) in [6.07, 6.45) is -5.06. The molecule has 0 aliphatic heterocycles. The van der Waals surface area contributed by atoms with Crippen LogP contribution < -0.4 is 10.1 Å². The van der Waals surface area contributed by atoms with E-state index in [0.717, 1.165) is 29.1 Å². The second-order valence-corrected chi connectivity index (χ2v) is 7.80. The molecule has 2 aromatic carbocycles. The molecule has 0 radical (unpaired) electrons. The lowest BCUT2D eigenvalue weighted by atomic mass is 10.1. The average molecular weight is 462 g/mol. The normalized spacial score (nSPS) is 12.6. The van der Waals surface area contributed by atoms with Crippen LogP contribution in [-0.2, 0) is 19.3 Å². The lowest BCUT2D eigenvalue weighted by Crippen LogP contribution is -2.34. The number of ether oxygens (including phenoxy) is 1. The average Bonchev–Trinajstić information content (AvgIpc) is 3.15. The SMILES string of the molecule is Cc1nonc1CN(C)Cc1cccc(OC(C)CNC(=O)c2ccccc2C(F)(F)F)c1. The Morgan fingerprint density at radius 2 is 1.91 bits per heavy atom. The Morgan fingerprint density at radius 1 is 1.15 bits per heavy atom. The van der Waals surface area contributed by atoms with Crippen molar-refractivity contribution in [1.29, 1.82) is 0 Å². The molecule has 10 heteroatoms. The number of halogens is 3. The molecule has 0 aliphatic rings. The van der Waals surface area contributed by atoms with Crippen LogP contribution in [0.4, 0.5) is 13.2 Å². The first-order chi connectivity index (χ1) is 15.6. The zero-order chi connectivity index (χ0) is 24.0. The number of benzene rings is 2. The third kappa shape index (κ3) is 6.79. The molecule has 1 unspecified atom stereocenters.